The van der Waals surface area contributed by atoms with Gasteiger partial charge in [-0.25, -0.2) is 0 Å². The van der Waals surface area contributed by atoms with Crippen LogP contribution in [0.25, 0.3) is 0 Å². The van der Waals surface area contributed by atoms with Crippen LogP contribution in [0, 0.1) is 10.1 Å². The molecule has 106 valence electrons. The Morgan fingerprint density at radius 1 is 1.24 bits per heavy atom. The number of amides is 1. The number of carbonyl (C=O) groups is 1. The van der Waals surface area contributed by atoms with Crippen molar-refractivity contribution in [1.29, 1.82) is 0 Å². The Morgan fingerprint density at radius 2 is 2.00 bits per heavy atom. The van der Waals surface area contributed by atoms with Crippen molar-refractivity contribution in [2.75, 3.05) is 11.9 Å². The second-order valence-electron chi connectivity index (χ2n) is 4.93. The summed E-state index contributed by atoms with van der Waals surface area (Å²) in [6.45, 7) is -0.330. The molecule has 2 heterocycles. The summed E-state index contributed by atoms with van der Waals surface area (Å²) in [6.07, 6.45) is 1.58. The third-order valence-electron chi connectivity index (χ3n) is 3.65. The first-order chi connectivity index (χ1) is 10.2. The molecule has 0 saturated heterocycles. The lowest BCUT2D eigenvalue weighted by molar-refractivity contribution is -0.483. The van der Waals surface area contributed by atoms with E-state index in [4.69, 9.17) is 0 Å². The van der Waals surface area contributed by atoms with Gasteiger partial charge in [0.2, 0.25) is 12.5 Å². The van der Waals surface area contributed by atoms with E-state index < -0.39 is 16.8 Å². The molecule has 3 rings (SSSR count). The zero-order valence-corrected chi connectivity index (χ0v) is 11.1. The van der Waals surface area contributed by atoms with E-state index in [0.717, 1.165) is 11.3 Å². The minimum absolute atomic E-state index is 0.214. The molecular formula is C15H13N3O3. The highest BCUT2D eigenvalue weighted by Crippen LogP contribution is 2.41. The van der Waals surface area contributed by atoms with Gasteiger partial charge in [-0.15, -0.1) is 0 Å². The smallest absolute Gasteiger partial charge is 0.232 e. The maximum Gasteiger partial charge on any atom is 0.232 e. The van der Waals surface area contributed by atoms with Gasteiger partial charge < -0.3 is 5.32 Å². The first-order valence-corrected chi connectivity index (χ1v) is 6.59. The number of hydrogen-bond donors (Lipinski definition) is 1. The van der Waals surface area contributed by atoms with Crippen molar-refractivity contribution in [3.8, 4) is 0 Å². The molecule has 2 aromatic rings. The highest BCUT2D eigenvalue weighted by atomic mass is 16.6. The van der Waals surface area contributed by atoms with Gasteiger partial charge in [0.05, 0.1) is 17.5 Å². The van der Waals surface area contributed by atoms with Crippen molar-refractivity contribution < 1.29 is 9.72 Å². The molecule has 0 radical (unpaired) electrons. The standard InChI is InChI=1S/C15H13N3O3/c19-15-14(10-5-1-2-7-13(10)17-15)11(9-18(20)21)12-6-3-4-8-16-12/h1-8,11,14H,9H2,(H,17,19)/t11-,14-/m1/s1. The number of hydrogen-bond acceptors (Lipinski definition) is 4. The molecule has 1 N–H and O–H groups in total. The maximum absolute atomic E-state index is 12.3. The molecule has 0 aliphatic carbocycles. The Kier molecular flexibility index (Phi) is 3.35. The van der Waals surface area contributed by atoms with Gasteiger partial charge in [0.1, 0.15) is 0 Å². The van der Waals surface area contributed by atoms with Gasteiger partial charge in [-0.05, 0) is 23.8 Å². The summed E-state index contributed by atoms with van der Waals surface area (Å²) in [7, 11) is 0. The second-order valence-corrected chi connectivity index (χ2v) is 4.93. The zero-order valence-electron chi connectivity index (χ0n) is 11.1. The molecule has 1 aliphatic heterocycles. The monoisotopic (exact) mass is 283 g/mol. The van der Waals surface area contributed by atoms with Crippen LogP contribution in [0.4, 0.5) is 5.69 Å². The number of fused-ring (bicyclic) bond motifs is 1. The summed E-state index contributed by atoms with van der Waals surface area (Å²) in [4.78, 5) is 27.1. The summed E-state index contributed by atoms with van der Waals surface area (Å²) in [6, 6.07) is 12.5. The summed E-state index contributed by atoms with van der Waals surface area (Å²) < 4.78 is 0. The topological polar surface area (TPSA) is 85.1 Å². The summed E-state index contributed by atoms with van der Waals surface area (Å²) in [5.41, 5.74) is 2.07. The predicted octanol–water partition coefficient (Wildman–Crippen LogP) is 2.18. The number of nitro groups is 1. The number of aromatic nitrogens is 1. The SMILES string of the molecule is O=C1Nc2ccccc2[C@@H]1[C@H](C[N+](=O)[O-])c1ccccn1. The summed E-state index contributed by atoms with van der Waals surface area (Å²) in [5.74, 6) is -1.37. The van der Waals surface area contributed by atoms with Gasteiger partial charge in [0, 0.05) is 16.8 Å². The average Bonchev–Trinajstić information content (AvgIpc) is 2.81. The van der Waals surface area contributed by atoms with Crippen molar-refractivity contribution >= 4 is 11.6 Å². The van der Waals surface area contributed by atoms with Crippen LogP contribution < -0.4 is 5.32 Å². The number of carbonyl (C=O) groups excluding carboxylic acids is 1. The molecular weight excluding hydrogens is 270 g/mol. The fraction of sp³-hybridized carbons (Fsp3) is 0.200. The van der Waals surface area contributed by atoms with Crippen LogP contribution >= 0.6 is 0 Å². The Hall–Kier alpha value is -2.76. The van der Waals surface area contributed by atoms with E-state index in [1.54, 1.807) is 30.5 Å². The summed E-state index contributed by atoms with van der Waals surface area (Å²) in [5, 5.41) is 13.8. The normalized spacial score (nSPS) is 17.9. The number of rotatable bonds is 4. The van der Waals surface area contributed by atoms with Gasteiger partial charge in [-0.1, -0.05) is 24.3 Å². The molecule has 6 heteroatoms. The molecule has 2 atom stereocenters. The fourth-order valence-electron chi connectivity index (χ4n) is 2.76. The van der Waals surface area contributed by atoms with Crippen molar-refractivity contribution in [2.45, 2.75) is 11.8 Å². The van der Waals surface area contributed by atoms with Gasteiger partial charge in [-0.2, -0.15) is 0 Å². The van der Waals surface area contributed by atoms with Crippen molar-refractivity contribution in [3.63, 3.8) is 0 Å². The Bertz CT molecular complexity index is 688. The molecule has 6 nitrogen and oxygen atoms in total. The van der Waals surface area contributed by atoms with Crippen LogP contribution in [-0.4, -0.2) is 22.4 Å². The maximum atomic E-state index is 12.3. The largest absolute Gasteiger partial charge is 0.325 e. The Morgan fingerprint density at radius 3 is 2.71 bits per heavy atom. The number of pyridine rings is 1. The molecule has 1 aromatic heterocycles. The van der Waals surface area contributed by atoms with E-state index in [-0.39, 0.29) is 12.5 Å². The van der Waals surface area contributed by atoms with Gasteiger partial charge >= 0.3 is 0 Å². The highest BCUT2D eigenvalue weighted by molar-refractivity contribution is 6.03. The number of anilines is 1. The van der Waals surface area contributed by atoms with Gasteiger partial charge in [-0.3, -0.25) is 19.9 Å². The van der Waals surface area contributed by atoms with Crippen molar-refractivity contribution in [2.24, 2.45) is 0 Å². The average molecular weight is 283 g/mol. The predicted molar refractivity (Wildman–Crippen MR) is 76.7 cm³/mol. The minimum atomic E-state index is -0.582. The number of nitrogens with one attached hydrogen (secondary N) is 1. The van der Waals surface area contributed by atoms with Gasteiger partial charge in [0.15, 0.2) is 0 Å². The summed E-state index contributed by atoms with van der Waals surface area (Å²) >= 11 is 0. The molecule has 0 bridgehead atoms. The second kappa shape index (κ2) is 5.32. The van der Waals surface area contributed by atoms with E-state index in [1.807, 2.05) is 18.2 Å². The highest BCUT2D eigenvalue weighted by Gasteiger charge is 2.40. The third kappa shape index (κ3) is 2.47. The molecule has 21 heavy (non-hydrogen) atoms. The van der Waals surface area contributed by atoms with E-state index in [2.05, 4.69) is 10.3 Å². The lowest BCUT2D eigenvalue weighted by atomic mass is 9.84. The van der Waals surface area contributed by atoms with E-state index in [0.29, 0.717) is 5.69 Å². The number of para-hydroxylation sites is 1. The first kappa shape index (κ1) is 13.2. The van der Waals surface area contributed by atoms with Crippen LogP contribution in [0.5, 0.6) is 0 Å². The van der Waals surface area contributed by atoms with Crippen molar-refractivity contribution in [3.05, 3.63) is 70.0 Å². The molecule has 0 spiro atoms. The molecule has 1 aromatic carbocycles. The molecule has 1 aliphatic rings. The minimum Gasteiger partial charge on any atom is -0.325 e. The van der Waals surface area contributed by atoms with E-state index in [9.17, 15) is 14.9 Å². The lowest BCUT2D eigenvalue weighted by Gasteiger charge is -2.18. The van der Waals surface area contributed by atoms with Crippen LogP contribution in [0.1, 0.15) is 23.1 Å². The quantitative estimate of drug-likeness (QED) is 0.688. The number of benzene rings is 1. The Balaban J connectivity index is 2.05. The zero-order chi connectivity index (χ0) is 14.8. The fourth-order valence-corrected chi connectivity index (χ4v) is 2.76. The van der Waals surface area contributed by atoms with Gasteiger partial charge in [0.25, 0.3) is 0 Å². The van der Waals surface area contributed by atoms with Crippen LogP contribution in [-0.2, 0) is 4.79 Å². The third-order valence-corrected chi connectivity index (χ3v) is 3.65. The molecule has 0 saturated carbocycles. The Labute approximate surface area is 121 Å². The number of nitrogens with zero attached hydrogens (tertiary/aromatic N) is 2. The van der Waals surface area contributed by atoms with E-state index in [1.165, 1.54) is 0 Å². The van der Waals surface area contributed by atoms with Crippen LogP contribution in [0.15, 0.2) is 48.7 Å². The van der Waals surface area contributed by atoms with Crippen molar-refractivity contribution in [1.82, 2.24) is 4.98 Å². The van der Waals surface area contributed by atoms with Crippen LogP contribution in [0.2, 0.25) is 0 Å². The molecule has 0 unspecified atom stereocenters. The first-order valence-electron chi connectivity index (χ1n) is 6.59. The lowest BCUT2D eigenvalue weighted by Crippen LogP contribution is -2.25. The molecule has 1 amide bonds. The van der Waals surface area contributed by atoms with E-state index >= 15 is 0 Å². The molecule has 0 fully saturated rings. The van der Waals surface area contributed by atoms with Crippen LogP contribution in [0.3, 0.4) is 0 Å².